The Kier molecular flexibility index (Phi) is 5.06. The Labute approximate surface area is 162 Å². The van der Waals surface area contributed by atoms with Gasteiger partial charge < -0.3 is 9.64 Å². The molecule has 28 heavy (non-hydrogen) atoms. The maximum Gasteiger partial charge on any atom is 0.299 e. The van der Waals surface area contributed by atoms with Crippen LogP contribution in [0.1, 0.15) is 6.42 Å². The smallest absolute Gasteiger partial charge is 0.299 e. The van der Waals surface area contributed by atoms with Crippen LogP contribution in [-0.2, 0) is 7.05 Å². The van der Waals surface area contributed by atoms with E-state index in [1.54, 1.807) is 7.05 Å². The minimum Gasteiger partial charge on any atom is -0.464 e. The molecular weight excluding hydrogens is 359 g/mol. The summed E-state index contributed by atoms with van der Waals surface area (Å²) >= 11 is 0. The predicted octanol–water partition coefficient (Wildman–Crippen LogP) is 2.89. The van der Waals surface area contributed by atoms with Crippen LogP contribution in [0.4, 0.5) is 10.1 Å². The first-order chi connectivity index (χ1) is 13.6. The first kappa shape index (κ1) is 18.2. The number of anilines is 1. The van der Waals surface area contributed by atoms with Gasteiger partial charge in [-0.15, -0.1) is 0 Å². The molecule has 0 bridgehead atoms. The molecule has 2 aromatic heterocycles. The molecule has 0 spiro atoms. The van der Waals surface area contributed by atoms with E-state index in [0.717, 1.165) is 25.7 Å². The van der Waals surface area contributed by atoms with Crippen LogP contribution in [0.5, 0.6) is 6.01 Å². The first-order valence-electron chi connectivity index (χ1n) is 9.22. The number of hydrogen-bond acceptors (Lipinski definition) is 5. The van der Waals surface area contributed by atoms with Gasteiger partial charge in [0.25, 0.3) is 11.6 Å². The second kappa shape index (κ2) is 7.80. The predicted molar refractivity (Wildman–Crippen MR) is 105 cm³/mol. The van der Waals surface area contributed by atoms with Crippen molar-refractivity contribution in [2.45, 2.75) is 6.42 Å². The average molecular weight is 380 g/mol. The zero-order chi connectivity index (χ0) is 19.5. The molecule has 144 valence electrons. The molecule has 1 aliphatic rings. The van der Waals surface area contributed by atoms with Gasteiger partial charge in [-0.2, -0.15) is 4.98 Å². The van der Waals surface area contributed by atoms with E-state index in [1.807, 2.05) is 18.2 Å². The second-order valence-electron chi connectivity index (χ2n) is 6.92. The van der Waals surface area contributed by atoms with E-state index in [1.165, 1.54) is 28.6 Å². The summed E-state index contributed by atoms with van der Waals surface area (Å²) in [7, 11) is 1.60. The van der Waals surface area contributed by atoms with E-state index in [0.29, 0.717) is 12.5 Å². The molecule has 3 aromatic rings. The molecular formula is C21H21FN4O2. The lowest BCUT2D eigenvalue weighted by molar-refractivity contribution is 0.231. The molecule has 0 unspecified atom stereocenters. The fourth-order valence-electron chi connectivity index (χ4n) is 3.40. The van der Waals surface area contributed by atoms with Crippen molar-refractivity contribution in [1.82, 2.24) is 14.5 Å². The number of nitrogens with zero attached hydrogens (tertiary/aromatic N) is 4. The topological polar surface area (TPSA) is 60.2 Å². The summed E-state index contributed by atoms with van der Waals surface area (Å²) in [4.78, 5) is 22.7. The molecule has 1 aromatic carbocycles. The van der Waals surface area contributed by atoms with Crippen LogP contribution in [0, 0.1) is 11.7 Å². The molecule has 0 radical (unpaired) electrons. The minimum absolute atomic E-state index is 0.192. The second-order valence-corrected chi connectivity index (χ2v) is 6.92. The van der Waals surface area contributed by atoms with E-state index >= 15 is 0 Å². The lowest BCUT2D eigenvalue weighted by atomic mass is 10.1. The third kappa shape index (κ3) is 3.74. The van der Waals surface area contributed by atoms with Crippen LogP contribution in [0.15, 0.2) is 59.7 Å². The maximum absolute atomic E-state index is 14.0. The highest BCUT2D eigenvalue weighted by Crippen LogP contribution is 2.25. The van der Waals surface area contributed by atoms with Gasteiger partial charge in [-0.25, -0.2) is 4.39 Å². The van der Waals surface area contributed by atoms with Gasteiger partial charge in [0.15, 0.2) is 5.82 Å². The highest BCUT2D eigenvalue weighted by atomic mass is 19.1. The molecule has 0 amide bonds. The summed E-state index contributed by atoms with van der Waals surface area (Å²) in [6, 6.07) is 13.3. The molecule has 7 heteroatoms. The Morgan fingerprint density at radius 3 is 2.86 bits per heavy atom. The molecule has 1 fully saturated rings. The van der Waals surface area contributed by atoms with Crippen molar-refractivity contribution in [3.8, 4) is 17.3 Å². The summed E-state index contributed by atoms with van der Waals surface area (Å²) in [6.45, 7) is 2.30. The van der Waals surface area contributed by atoms with Crippen LogP contribution in [0.3, 0.4) is 0 Å². The number of benzene rings is 1. The van der Waals surface area contributed by atoms with Crippen LogP contribution < -0.4 is 15.2 Å². The van der Waals surface area contributed by atoms with Crippen molar-refractivity contribution in [2.24, 2.45) is 13.0 Å². The third-order valence-electron chi connectivity index (χ3n) is 5.00. The number of ether oxygens (including phenoxy) is 1. The summed E-state index contributed by atoms with van der Waals surface area (Å²) in [5, 5.41) is 0. The molecule has 1 atom stereocenters. The fraction of sp³-hybridized carbons (Fsp3) is 0.286. The van der Waals surface area contributed by atoms with E-state index in [-0.39, 0.29) is 22.8 Å². The number of para-hydroxylation sites is 1. The van der Waals surface area contributed by atoms with Crippen LogP contribution in [0.25, 0.3) is 11.3 Å². The van der Waals surface area contributed by atoms with E-state index in [4.69, 9.17) is 4.74 Å². The first-order valence-corrected chi connectivity index (χ1v) is 9.22. The molecule has 0 saturated carbocycles. The number of halogens is 1. The van der Waals surface area contributed by atoms with Crippen LogP contribution in [-0.4, -0.2) is 34.2 Å². The van der Waals surface area contributed by atoms with Gasteiger partial charge in [-0.05, 0) is 24.6 Å². The molecule has 4 rings (SSSR count). The average Bonchev–Trinajstić information content (AvgIpc) is 3.19. The number of pyridine rings is 1. The quantitative estimate of drug-likeness (QED) is 0.681. The highest BCUT2D eigenvalue weighted by molar-refractivity contribution is 5.58. The van der Waals surface area contributed by atoms with Crippen molar-refractivity contribution >= 4 is 5.69 Å². The minimum atomic E-state index is -0.525. The zero-order valence-corrected chi connectivity index (χ0v) is 15.6. The number of aromatic nitrogens is 3. The summed E-state index contributed by atoms with van der Waals surface area (Å²) in [5.41, 5.74) is 1.38. The zero-order valence-electron chi connectivity index (χ0n) is 15.6. The van der Waals surface area contributed by atoms with E-state index in [2.05, 4.69) is 27.0 Å². The Bertz CT molecular complexity index is 1020. The lowest BCUT2D eigenvalue weighted by Gasteiger charge is -2.19. The van der Waals surface area contributed by atoms with Gasteiger partial charge >= 0.3 is 0 Å². The van der Waals surface area contributed by atoms with Crippen LogP contribution in [0.2, 0.25) is 0 Å². The van der Waals surface area contributed by atoms with Gasteiger partial charge in [0, 0.05) is 49.6 Å². The maximum atomic E-state index is 14.0. The van der Waals surface area contributed by atoms with Gasteiger partial charge in [-0.1, -0.05) is 18.2 Å². The van der Waals surface area contributed by atoms with Gasteiger partial charge in [0.05, 0.1) is 18.5 Å². The van der Waals surface area contributed by atoms with Gasteiger partial charge in [-0.3, -0.25) is 14.3 Å². The molecule has 6 nitrogen and oxygen atoms in total. The summed E-state index contributed by atoms with van der Waals surface area (Å²) in [6.07, 6.45) is 3.57. The lowest BCUT2D eigenvalue weighted by Crippen LogP contribution is -2.24. The third-order valence-corrected chi connectivity index (χ3v) is 5.00. The van der Waals surface area contributed by atoms with E-state index in [9.17, 15) is 9.18 Å². The Hall–Kier alpha value is -3.22. The largest absolute Gasteiger partial charge is 0.464 e. The SMILES string of the molecule is Cn1c(OC[C@H]2CCN(c3ccccc3)C2)nc(-c2ccncc2F)cc1=O. The monoisotopic (exact) mass is 380 g/mol. The Morgan fingerprint density at radius 2 is 2.07 bits per heavy atom. The van der Waals surface area contributed by atoms with Crippen molar-refractivity contribution in [3.63, 3.8) is 0 Å². The van der Waals surface area contributed by atoms with Crippen molar-refractivity contribution in [3.05, 3.63) is 71.0 Å². The molecule has 3 heterocycles. The van der Waals surface area contributed by atoms with Gasteiger partial charge in [0.1, 0.15) is 0 Å². The number of hydrogen-bond donors (Lipinski definition) is 0. The molecule has 1 aliphatic heterocycles. The Morgan fingerprint density at radius 1 is 1.25 bits per heavy atom. The molecule has 1 saturated heterocycles. The normalized spacial score (nSPS) is 16.4. The molecule has 0 N–H and O–H groups in total. The molecule has 0 aliphatic carbocycles. The summed E-state index contributed by atoms with van der Waals surface area (Å²) < 4.78 is 21.2. The summed E-state index contributed by atoms with van der Waals surface area (Å²) in [5.74, 6) is -0.193. The van der Waals surface area contributed by atoms with Gasteiger partial charge in [0.2, 0.25) is 0 Å². The highest BCUT2D eigenvalue weighted by Gasteiger charge is 2.24. The fourth-order valence-corrected chi connectivity index (χ4v) is 3.40. The number of rotatable bonds is 5. The van der Waals surface area contributed by atoms with Crippen LogP contribution >= 0.6 is 0 Å². The standard InChI is InChI=1S/C21H21FN4O2/c1-25-20(27)11-19(17-7-9-23-12-18(17)22)24-21(25)28-14-15-8-10-26(13-15)16-5-3-2-4-6-16/h2-7,9,11-12,15H,8,10,13-14H2,1H3/t15-/m0/s1. The van der Waals surface area contributed by atoms with E-state index < -0.39 is 5.82 Å². The van der Waals surface area contributed by atoms with Crippen molar-refractivity contribution < 1.29 is 9.13 Å². The Balaban J connectivity index is 1.48. The van der Waals surface area contributed by atoms with Crippen molar-refractivity contribution in [2.75, 3.05) is 24.6 Å². The van der Waals surface area contributed by atoms with Crippen molar-refractivity contribution in [1.29, 1.82) is 0 Å².